The van der Waals surface area contributed by atoms with Crippen molar-refractivity contribution in [2.75, 3.05) is 7.05 Å². The van der Waals surface area contributed by atoms with E-state index in [1.54, 1.807) is 23.5 Å². The smallest absolute Gasteiger partial charge is 0.123 e. The lowest BCUT2D eigenvalue weighted by Crippen LogP contribution is -2.02. The lowest BCUT2D eigenvalue weighted by atomic mass is 10.2. The van der Waals surface area contributed by atoms with Gasteiger partial charge in [-0.05, 0) is 36.9 Å². The Morgan fingerprint density at radius 1 is 1.27 bits per heavy atom. The molecule has 15 heavy (non-hydrogen) atoms. The van der Waals surface area contributed by atoms with E-state index < -0.39 is 0 Å². The number of rotatable bonds is 3. The van der Waals surface area contributed by atoms with Gasteiger partial charge in [-0.25, -0.2) is 4.39 Å². The third-order valence-corrected chi connectivity index (χ3v) is 3.26. The summed E-state index contributed by atoms with van der Waals surface area (Å²) in [5.41, 5.74) is 0.947. The second-order valence-electron chi connectivity index (χ2n) is 3.31. The van der Waals surface area contributed by atoms with E-state index in [1.165, 1.54) is 10.9 Å². The lowest BCUT2D eigenvalue weighted by Gasteiger charge is -1.97. The Bertz CT molecular complexity index is 450. The molecular weight excluding hydrogens is 209 g/mol. The highest BCUT2D eigenvalue weighted by molar-refractivity contribution is 7.15. The largest absolute Gasteiger partial charge is 0.315 e. The molecule has 2 rings (SSSR count). The quantitative estimate of drug-likeness (QED) is 0.838. The summed E-state index contributed by atoms with van der Waals surface area (Å²) in [4.78, 5) is 2.37. The zero-order chi connectivity index (χ0) is 10.7. The van der Waals surface area contributed by atoms with Crippen LogP contribution in [0.4, 0.5) is 4.39 Å². The van der Waals surface area contributed by atoms with E-state index in [0.29, 0.717) is 0 Å². The Morgan fingerprint density at radius 3 is 2.87 bits per heavy atom. The topological polar surface area (TPSA) is 12.0 Å². The molecule has 1 nitrogen and oxygen atoms in total. The normalized spacial score (nSPS) is 10.5. The molecule has 0 saturated heterocycles. The Balaban J connectivity index is 2.29. The highest BCUT2D eigenvalue weighted by atomic mass is 32.1. The van der Waals surface area contributed by atoms with Gasteiger partial charge < -0.3 is 5.32 Å². The summed E-state index contributed by atoms with van der Waals surface area (Å²) in [5.74, 6) is -0.184. The average Bonchev–Trinajstić information content (AvgIpc) is 2.67. The van der Waals surface area contributed by atoms with Crippen molar-refractivity contribution in [2.45, 2.75) is 6.54 Å². The summed E-state index contributed by atoms with van der Waals surface area (Å²) >= 11 is 1.69. The van der Waals surface area contributed by atoms with Gasteiger partial charge in [0.2, 0.25) is 0 Å². The maximum atomic E-state index is 13.0. The van der Waals surface area contributed by atoms with Gasteiger partial charge >= 0.3 is 0 Å². The van der Waals surface area contributed by atoms with Crippen molar-refractivity contribution in [1.29, 1.82) is 0 Å². The van der Waals surface area contributed by atoms with Crippen molar-refractivity contribution < 1.29 is 4.39 Å². The number of hydrogen-bond donors (Lipinski definition) is 1. The van der Waals surface area contributed by atoms with E-state index in [0.717, 1.165) is 17.0 Å². The first-order valence-electron chi connectivity index (χ1n) is 4.79. The molecule has 3 heteroatoms. The van der Waals surface area contributed by atoms with Crippen molar-refractivity contribution >= 4 is 11.3 Å². The molecule has 0 atom stereocenters. The van der Waals surface area contributed by atoms with Gasteiger partial charge in [-0.1, -0.05) is 12.1 Å². The molecule has 1 N–H and O–H groups in total. The fourth-order valence-corrected chi connectivity index (χ4v) is 2.46. The van der Waals surface area contributed by atoms with Crippen LogP contribution in [0.5, 0.6) is 0 Å². The first-order valence-corrected chi connectivity index (χ1v) is 5.60. The average molecular weight is 221 g/mol. The molecular formula is C12H12FNS. The minimum atomic E-state index is -0.184. The zero-order valence-electron chi connectivity index (χ0n) is 8.46. The fourth-order valence-electron chi connectivity index (χ4n) is 1.44. The molecule has 0 aliphatic carbocycles. The van der Waals surface area contributed by atoms with Crippen LogP contribution in [-0.4, -0.2) is 7.05 Å². The van der Waals surface area contributed by atoms with Gasteiger partial charge in [0.1, 0.15) is 5.82 Å². The Kier molecular flexibility index (Phi) is 3.14. The molecule has 0 bridgehead atoms. The molecule has 78 valence electrons. The molecule has 0 spiro atoms. The number of benzene rings is 1. The summed E-state index contributed by atoms with van der Waals surface area (Å²) in [6.45, 7) is 0.861. The third-order valence-electron chi connectivity index (χ3n) is 2.12. The van der Waals surface area contributed by atoms with Crippen LogP contribution in [0, 0.1) is 5.82 Å². The van der Waals surface area contributed by atoms with Crippen LogP contribution in [0.25, 0.3) is 10.4 Å². The van der Waals surface area contributed by atoms with Crippen LogP contribution in [0.15, 0.2) is 36.4 Å². The van der Waals surface area contributed by atoms with Crippen molar-refractivity contribution in [1.82, 2.24) is 5.32 Å². The maximum Gasteiger partial charge on any atom is 0.123 e. The van der Waals surface area contributed by atoms with E-state index in [4.69, 9.17) is 0 Å². The first-order chi connectivity index (χ1) is 7.29. The van der Waals surface area contributed by atoms with Gasteiger partial charge in [-0.3, -0.25) is 0 Å². The monoisotopic (exact) mass is 221 g/mol. The van der Waals surface area contributed by atoms with Crippen LogP contribution < -0.4 is 5.32 Å². The van der Waals surface area contributed by atoms with E-state index in [2.05, 4.69) is 11.4 Å². The molecule has 0 radical (unpaired) electrons. The van der Waals surface area contributed by atoms with Crippen molar-refractivity contribution in [2.24, 2.45) is 0 Å². The molecule has 0 unspecified atom stereocenters. The van der Waals surface area contributed by atoms with E-state index in [1.807, 2.05) is 19.2 Å². The SMILES string of the molecule is CNCc1ccc(-c2cccc(F)c2)s1. The number of halogens is 1. The molecule has 0 aliphatic rings. The predicted molar refractivity (Wildman–Crippen MR) is 62.5 cm³/mol. The summed E-state index contributed by atoms with van der Waals surface area (Å²) in [5, 5.41) is 3.10. The van der Waals surface area contributed by atoms with E-state index in [-0.39, 0.29) is 5.82 Å². The van der Waals surface area contributed by atoms with Crippen LogP contribution in [-0.2, 0) is 6.54 Å². The van der Waals surface area contributed by atoms with Gasteiger partial charge in [0.15, 0.2) is 0 Å². The molecule has 0 saturated carbocycles. The summed E-state index contributed by atoms with van der Waals surface area (Å²) < 4.78 is 13.0. The molecule has 0 fully saturated rings. The van der Waals surface area contributed by atoms with Gasteiger partial charge in [0.05, 0.1) is 0 Å². The second-order valence-corrected chi connectivity index (χ2v) is 4.47. The van der Waals surface area contributed by atoms with Crippen LogP contribution >= 0.6 is 11.3 Å². The summed E-state index contributed by atoms with van der Waals surface area (Å²) in [6.07, 6.45) is 0. The van der Waals surface area contributed by atoms with Crippen LogP contribution in [0.3, 0.4) is 0 Å². The maximum absolute atomic E-state index is 13.0. The minimum Gasteiger partial charge on any atom is -0.315 e. The first kappa shape index (κ1) is 10.3. The highest BCUT2D eigenvalue weighted by Gasteiger charge is 2.02. The lowest BCUT2D eigenvalue weighted by molar-refractivity contribution is 0.628. The summed E-state index contributed by atoms with van der Waals surface area (Å²) in [7, 11) is 1.92. The zero-order valence-corrected chi connectivity index (χ0v) is 9.27. The highest BCUT2D eigenvalue weighted by Crippen LogP contribution is 2.28. The van der Waals surface area contributed by atoms with E-state index >= 15 is 0 Å². The molecule has 1 aromatic heterocycles. The van der Waals surface area contributed by atoms with Crippen molar-refractivity contribution in [3.8, 4) is 10.4 Å². The van der Waals surface area contributed by atoms with Crippen molar-refractivity contribution in [3.63, 3.8) is 0 Å². The minimum absolute atomic E-state index is 0.184. The number of nitrogens with one attached hydrogen (secondary N) is 1. The van der Waals surface area contributed by atoms with Gasteiger partial charge in [-0.2, -0.15) is 0 Å². The Labute approximate surface area is 92.6 Å². The molecule has 1 heterocycles. The van der Waals surface area contributed by atoms with E-state index in [9.17, 15) is 4.39 Å². The Hall–Kier alpha value is -1.19. The predicted octanol–water partition coefficient (Wildman–Crippen LogP) is 3.27. The van der Waals surface area contributed by atoms with Gasteiger partial charge in [0, 0.05) is 16.3 Å². The molecule has 2 aromatic rings. The molecule has 1 aromatic carbocycles. The second kappa shape index (κ2) is 4.55. The Morgan fingerprint density at radius 2 is 2.13 bits per heavy atom. The molecule has 0 aliphatic heterocycles. The van der Waals surface area contributed by atoms with Gasteiger partial charge in [-0.15, -0.1) is 11.3 Å². The third kappa shape index (κ3) is 2.43. The van der Waals surface area contributed by atoms with Crippen molar-refractivity contribution in [3.05, 3.63) is 47.1 Å². The molecule has 0 amide bonds. The number of hydrogen-bond acceptors (Lipinski definition) is 2. The van der Waals surface area contributed by atoms with Crippen LogP contribution in [0.2, 0.25) is 0 Å². The van der Waals surface area contributed by atoms with Gasteiger partial charge in [0.25, 0.3) is 0 Å². The number of thiophene rings is 1. The fraction of sp³-hybridized carbons (Fsp3) is 0.167. The standard InChI is InChI=1S/C12H12FNS/c1-14-8-11-5-6-12(15-11)9-3-2-4-10(13)7-9/h2-7,14H,8H2,1H3. The van der Waals surface area contributed by atoms with Crippen LogP contribution in [0.1, 0.15) is 4.88 Å². The summed E-state index contributed by atoms with van der Waals surface area (Å²) in [6, 6.07) is 10.8.